The van der Waals surface area contributed by atoms with E-state index in [4.69, 9.17) is 4.42 Å². The van der Waals surface area contributed by atoms with E-state index in [-0.39, 0.29) is 5.56 Å². The summed E-state index contributed by atoms with van der Waals surface area (Å²) in [5, 5.41) is 5.11. The number of aromatic nitrogens is 2. The van der Waals surface area contributed by atoms with Crippen molar-refractivity contribution in [1.82, 2.24) is 9.78 Å². The summed E-state index contributed by atoms with van der Waals surface area (Å²) in [5.41, 5.74) is 2.98. The summed E-state index contributed by atoms with van der Waals surface area (Å²) < 4.78 is 6.76. The Bertz CT molecular complexity index is 709. The van der Waals surface area contributed by atoms with Gasteiger partial charge in [-0.25, -0.2) is 4.68 Å². The summed E-state index contributed by atoms with van der Waals surface area (Å²) >= 11 is 0. The standard InChI is InChI=1S/C12H10N2O2/c1-7-3-4-10-8(5-7)11-9(6-16-10)12(15)14(2)13-11/h3-6H,1-2H3. The van der Waals surface area contributed by atoms with Crippen LogP contribution in [-0.4, -0.2) is 9.78 Å². The molecule has 4 nitrogen and oxygen atoms in total. The Morgan fingerprint density at radius 1 is 1.38 bits per heavy atom. The van der Waals surface area contributed by atoms with Crippen LogP contribution in [0.3, 0.4) is 0 Å². The van der Waals surface area contributed by atoms with Gasteiger partial charge in [-0.05, 0) is 19.1 Å². The quantitative estimate of drug-likeness (QED) is 0.574. The Labute approximate surface area is 91.5 Å². The lowest BCUT2D eigenvalue weighted by Crippen LogP contribution is -2.11. The minimum absolute atomic E-state index is 0.123. The molecule has 2 aliphatic heterocycles. The van der Waals surface area contributed by atoms with E-state index < -0.39 is 0 Å². The summed E-state index contributed by atoms with van der Waals surface area (Å²) in [7, 11) is 1.64. The highest BCUT2D eigenvalue weighted by atomic mass is 16.3. The molecule has 0 aromatic heterocycles. The van der Waals surface area contributed by atoms with Crippen LogP contribution in [0.5, 0.6) is 0 Å². The minimum Gasteiger partial charge on any atom is -0.463 e. The van der Waals surface area contributed by atoms with Gasteiger partial charge < -0.3 is 4.42 Å². The molecule has 0 saturated heterocycles. The molecule has 0 spiro atoms. The molecule has 80 valence electrons. The lowest BCUT2D eigenvalue weighted by atomic mass is 10.1. The van der Waals surface area contributed by atoms with Crippen molar-refractivity contribution >= 4 is 11.0 Å². The first-order valence-corrected chi connectivity index (χ1v) is 5.02. The molecule has 0 N–H and O–H groups in total. The van der Waals surface area contributed by atoms with Gasteiger partial charge in [-0.2, -0.15) is 5.10 Å². The highest BCUT2D eigenvalue weighted by molar-refractivity contribution is 5.91. The van der Waals surface area contributed by atoms with Gasteiger partial charge in [-0.1, -0.05) is 11.6 Å². The fraction of sp³-hybridized carbons (Fsp3) is 0.167. The first kappa shape index (κ1) is 9.15. The molecule has 1 aromatic rings. The van der Waals surface area contributed by atoms with E-state index in [1.165, 1.54) is 10.9 Å². The van der Waals surface area contributed by atoms with Crippen molar-refractivity contribution in [2.75, 3.05) is 0 Å². The van der Waals surface area contributed by atoms with Crippen molar-refractivity contribution in [3.63, 3.8) is 0 Å². The van der Waals surface area contributed by atoms with Crippen LogP contribution in [0.25, 0.3) is 22.2 Å². The van der Waals surface area contributed by atoms with E-state index in [0.717, 1.165) is 16.5 Å². The van der Waals surface area contributed by atoms with Gasteiger partial charge in [0.15, 0.2) is 0 Å². The van der Waals surface area contributed by atoms with Crippen molar-refractivity contribution in [2.45, 2.75) is 6.92 Å². The van der Waals surface area contributed by atoms with E-state index in [9.17, 15) is 4.79 Å². The van der Waals surface area contributed by atoms with E-state index in [0.29, 0.717) is 11.3 Å². The zero-order valence-electron chi connectivity index (χ0n) is 9.02. The van der Waals surface area contributed by atoms with Gasteiger partial charge in [0.05, 0.1) is 0 Å². The Hall–Kier alpha value is -2.10. The number of fused-ring (bicyclic) bond motifs is 3. The normalized spacial score (nSPS) is 11.4. The molecule has 0 unspecified atom stereocenters. The third kappa shape index (κ3) is 1.10. The van der Waals surface area contributed by atoms with Gasteiger partial charge in [0.25, 0.3) is 5.56 Å². The monoisotopic (exact) mass is 214 g/mol. The first-order chi connectivity index (χ1) is 7.66. The molecule has 16 heavy (non-hydrogen) atoms. The van der Waals surface area contributed by atoms with Crippen LogP contribution < -0.4 is 5.56 Å². The lowest BCUT2D eigenvalue weighted by Gasteiger charge is -2.01. The lowest BCUT2D eigenvalue weighted by molar-refractivity contribution is 0.605. The second-order valence-corrected chi connectivity index (χ2v) is 3.93. The molecule has 1 aromatic carbocycles. The Kier molecular flexibility index (Phi) is 1.68. The van der Waals surface area contributed by atoms with E-state index in [1.54, 1.807) is 7.05 Å². The van der Waals surface area contributed by atoms with Crippen molar-refractivity contribution in [2.24, 2.45) is 7.05 Å². The van der Waals surface area contributed by atoms with Crippen molar-refractivity contribution < 1.29 is 4.42 Å². The van der Waals surface area contributed by atoms with E-state index in [2.05, 4.69) is 5.10 Å². The average Bonchev–Trinajstić information content (AvgIpc) is 2.56. The zero-order valence-corrected chi connectivity index (χ0v) is 9.02. The smallest absolute Gasteiger partial charge is 0.279 e. The maximum absolute atomic E-state index is 11.7. The van der Waals surface area contributed by atoms with Gasteiger partial charge >= 0.3 is 0 Å². The van der Waals surface area contributed by atoms with Crippen molar-refractivity contribution in [3.05, 3.63) is 40.4 Å². The zero-order chi connectivity index (χ0) is 11.3. The molecule has 0 radical (unpaired) electrons. The fourth-order valence-electron chi connectivity index (χ4n) is 1.88. The van der Waals surface area contributed by atoms with Crippen molar-refractivity contribution in [3.8, 4) is 11.3 Å². The number of hydrogen-bond acceptors (Lipinski definition) is 3. The number of aryl methyl sites for hydroxylation is 2. The molecule has 2 heterocycles. The third-order valence-corrected chi connectivity index (χ3v) is 2.72. The number of nitrogens with zero attached hydrogens (tertiary/aromatic N) is 2. The summed E-state index contributed by atoms with van der Waals surface area (Å²) in [6.45, 7) is 2.00. The van der Waals surface area contributed by atoms with Crippen LogP contribution in [0.15, 0.2) is 33.7 Å². The molecule has 0 fully saturated rings. The molecule has 0 saturated carbocycles. The maximum atomic E-state index is 11.7. The molecule has 0 bridgehead atoms. The summed E-state index contributed by atoms with van der Waals surface area (Å²) in [4.78, 5) is 11.7. The molecular formula is C12H10N2O2. The summed E-state index contributed by atoms with van der Waals surface area (Å²) in [6.07, 6.45) is 1.47. The van der Waals surface area contributed by atoms with Gasteiger partial charge in [0, 0.05) is 12.4 Å². The summed E-state index contributed by atoms with van der Waals surface area (Å²) in [6, 6.07) is 5.84. The van der Waals surface area contributed by atoms with Crippen LogP contribution >= 0.6 is 0 Å². The summed E-state index contributed by atoms with van der Waals surface area (Å²) in [5.74, 6) is 0. The van der Waals surface area contributed by atoms with Gasteiger partial charge in [0.2, 0.25) is 0 Å². The maximum Gasteiger partial charge on any atom is 0.279 e. The topological polar surface area (TPSA) is 48.0 Å². The second-order valence-electron chi connectivity index (χ2n) is 3.93. The predicted octanol–water partition coefficient (Wildman–Crippen LogP) is 1.94. The van der Waals surface area contributed by atoms with Crippen LogP contribution in [0.4, 0.5) is 0 Å². The highest BCUT2D eigenvalue weighted by Crippen LogP contribution is 2.27. The molecular weight excluding hydrogens is 204 g/mol. The third-order valence-electron chi connectivity index (χ3n) is 2.72. The SMILES string of the molecule is Cc1ccc2occ3c(=O)n(C)nc-3c2c1. The second kappa shape index (κ2) is 2.95. The molecule has 0 aliphatic carbocycles. The van der Waals surface area contributed by atoms with E-state index in [1.807, 2.05) is 25.1 Å². The molecule has 2 aliphatic rings. The number of hydrogen-bond donors (Lipinski definition) is 0. The average molecular weight is 214 g/mol. The molecule has 0 atom stereocenters. The Morgan fingerprint density at radius 2 is 2.19 bits per heavy atom. The van der Waals surface area contributed by atoms with Gasteiger partial charge in [-0.3, -0.25) is 4.79 Å². The largest absolute Gasteiger partial charge is 0.463 e. The van der Waals surface area contributed by atoms with Crippen LogP contribution in [0.1, 0.15) is 5.56 Å². The van der Waals surface area contributed by atoms with E-state index >= 15 is 0 Å². The van der Waals surface area contributed by atoms with Crippen LogP contribution in [0.2, 0.25) is 0 Å². The first-order valence-electron chi connectivity index (χ1n) is 5.02. The van der Waals surface area contributed by atoms with Gasteiger partial charge in [0.1, 0.15) is 23.1 Å². The Morgan fingerprint density at radius 3 is 3.00 bits per heavy atom. The molecule has 0 amide bonds. The van der Waals surface area contributed by atoms with Crippen molar-refractivity contribution in [1.29, 1.82) is 0 Å². The fourth-order valence-corrected chi connectivity index (χ4v) is 1.88. The molecule has 4 heteroatoms. The van der Waals surface area contributed by atoms with Crippen LogP contribution in [0, 0.1) is 6.92 Å². The van der Waals surface area contributed by atoms with Gasteiger partial charge in [-0.15, -0.1) is 0 Å². The number of benzene rings is 1. The Balaban J connectivity index is 2.55. The predicted molar refractivity (Wildman–Crippen MR) is 60.6 cm³/mol. The minimum atomic E-state index is -0.123. The highest BCUT2D eigenvalue weighted by Gasteiger charge is 2.17. The molecule has 3 rings (SSSR count). The number of rotatable bonds is 0. The van der Waals surface area contributed by atoms with Crippen LogP contribution in [-0.2, 0) is 7.05 Å².